The number of rotatable bonds is 3. The summed E-state index contributed by atoms with van der Waals surface area (Å²) in [6, 6.07) is 5.38. The first-order valence-corrected chi connectivity index (χ1v) is 8.07. The average Bonchev–Trinajstić information content (AvgIpc) is 2.96. The van der Waals surface area contributed by atoms with Gasteiger partial charge in [0.05, 0.1) is 11.3 Å². The Morgan fingerprint density at radius 1 is 1.38 bits per heavy atom. The minimum Gasteiger partial charge on any atom is -0.338 e. The first-order valence-electron chi connectivity index (χ1n) is 8.07. The zero-order valence-electron chi connectivity index (χ0n) is 13.4. The van der Waals surface area contributed by atoms with Gasteiger partial charge in [-0.3, -0.25) is 10.1 Å². The summed E-state index contributed by atoms with van der Waals surface area (Å²) in [5.41, 5.74) is 1.77. The van der Waals surface area contributed by atoms with Crippen LogP contribution in [0.3, 0.4) is 0 Å². The van der Waals surface area contributed by atoms with Crippen molar-refractivity contribution in [2.24, 2.45) is 0 Å². The number of benzene rings is 1. The zero-order chi connectivity index (χ0) is 17.1. The number of amides is 1. The third-order valence-electron chi connectivity index (χ3n) is 4.53. The van der Waals surface area contributed by atoms with Crippen molar-refractivity contribution in [3.05, 3.63) is 46.4 Å². The maximum Gasteiger partial charge on any atom is 0.258 e. The topological polar surface area (TPSA) is 78.9 Å². The van der Waals surface area contributed by atoms with E-state index >= 15 is 0 Å². The average molecular weight is 327 g/mol. The molecule has 3 rings (SSSR count). The predicted octanol–water partition coefficient (Wildman–Crippen LogP) is 4.29. The minimum atomic E-state index is -0.649. The van der Waals surface area contributed by atoms with Crippen LogP contribution in [-0.4, -0.2) is 11.1 Å². The van der Waals surface area contributed by atoms with E-state index in [1.54, 1.807) is 6.07 Å². The molecular weight excluding hydrogens is 309 g/mol. The molecule has 1 N–H and O–H groups in total. The van der Waals surface area contributed by atoms with Gasteiger partial charge in [-0.15, -0.1) is 0 Å². The van der Waals surface area contributed by atoms with Crippen LogP contribution in [0, 0.1) is 24.1 Å². The molecule has 124 valence electrons. The number of hydrogen-bond donors (Lipinski definition) is 1. The molecule has 24 heavy (non-hydrogen) atoms. The molecule has 1 aromatic heterocycles. The third-order valence-corrected chi connectivity index (χ3v) is 4.53. The molecule has 6 heteroatoms. The Morgan fingerprint density at radius 3 is 2.83 bits per heavy atom. The number of halogens is 1. The van der Waals surface area contributed by atoms with Crippen LogP contribution in [0.4, 0.5) is 10.3 Å². The summed E-state index contributed by atoms with van der Waals surface area (Å²) < 4.78 is 18.7. The number of nitrogens with zero attached hydrogens (tertiary/aromatic N) is 2. The second-order valence-corrected chi connectivity index (χ2v) is 6.12. The molecule has 0 radical (unpaired) electrons. The monoisotopic (exact) mass is 327 g/mol. The van der Waals surface area contributed by atoms with Crippen LogP contribution >= 0.6 is 0 Å². The van der Waals surface area contributed by atoms with Gasteiger partial charge >= 0.3 is 0 Å². The fourth-order valence-electron chi connectivity index (χ4n) is 3.15. The lowest BCUT2D eigenvalue weighted by molar-refractivity contribution is 0.102. The van der Waals surface area contributed by atoms with Gasteiger partial charge in [0.25, 0.3) is 5.91 Å². The number of carbonyl (C=O) groups is 1. The second kappa shape index (κ2) is 6.83. The number of anilines is 1. The van der Waals surface area contributed by atoms with E-state index in [1.165, 1.54) is 31.4 Å². The molecule has 1 amide bonds. The van der Waals surface area contributed by atoms with Gasteiger partial charge in [0, 0.05) is 17.0 Å². The molecule has 0 saturated heterocycles. The quantitative estimate of drug-likeness (QED) is 0.912. The van der Waals surface area contributed by atoms with E-state index in [1.807, 2.05) is 6.92 Å². The smallest absolute Gasteiger partial charge is 0.258 e. The zero-order valence-corrected chi connectivity index (χ0v) is 13.4. The van der Waals surface area contributed by atoms with Crippen molar-refractivity contribution in [3.8, 4) is 6.07 Å². The molecule has 0 aliphatic heterocycles. The number of hydrogen-bond acceptors (Lipinski definition) is 4. The molecule has 1 saturated carbocycles. The van der Waals surface area contributed by atoms with Crippen molar-refractivity contribution in [1.82, 2.24) is 5.16 Å². The third kappa shape index (κ3) is 3.16. The lowest BCUT2D eigenvalue weighted by atomic mass is 9.86. The van der Waals surface area contributed by atoms with Gasteiger partial charge in [-0.1, -0.05) is 24.4 Å². The van der Waals surface area contributed by atoms with Crippen LogP contribution in [0.15, 0.2) is 22.7 Å². The van der Waals surface area contributed by atoms with Crippen LogP contribution in [0.5, 0.6) is 0 Å². The number of nitrogens with one attached hydrogen (secondary N) is 1. The molecule has 0 spiro atoms. The van der Waals surface area contributed by atoms with Gasteiger partial charge in [0.2, 0.25) is 5.88 Å². The summed E-state index contributed by atoms with van der Waals surface area (Å²) in [6.45, 7) is 1.88. The second-order valence-electron chi connectivity index (χ2n) is 6.12. The first-order chi connectivity index (χ1) is 11.6. The molecule has 1 aromatic carbocycles. The Hall–Kier alpha value is -2.68. The summed E-state index contributed by atoms with van der Waals surface area (Å²) in [5.74, 6) is -0.419. The molecule has 1 fully saturated rings. The van der Waals surface area contributed by atoms with Gasteiger partial charge in [0.15, 0.2) is 0 Å². The number of carbonyl (C=O) groups excluding carboxylic acids is 1. The van der Waals surface area contributed by atoms with Gasteiger partial charge in [-0.25, -0.2) is 4.39 Å². The maximum absolute atomic E-state index is 13.4. The standard InChI is InChI=1S/C18H18FN3O2/c1-11-16(12-5-3-2-4-6-12)22-24-18(11)21-17(23)13-7-8-15(19)14(9-13)10-20/h7-9,12H,2-6H2,1H3,(H,21,23). The van der Waals surface area contributed by atoms with Crippen molar-refractivity contribution >= 4 is 11.8 Å². The largest absolute Gasteiger partial charge is 0.338 e. The summed E-state index contributed by atoms with van der Waals surface area (Å²) in [4.78, 5) is 12.3. The van der Waals surface area contributed by atoms with Crippen molar-refractivity contribution in [2.75, 3.05) is 5.32 Å². The Kier molecular flexibility index (Phi) is 4.61. The molecule has 0 atom stereocenters. The molecule has 0 bridgehead atoms. The lowest BCUT2D eigenvalue weighted by Gasteiger charge is -2.19. The van der Waals surface area contributed by atoms with E-state index in [0.29, 0.717) is 11.8 Å². The van der Waals surface area contributed by atoms with E-state index in [4.69, 9.17) is 9.78 Å². The summed E-state index contributed by atoms with van der Waals surface area (Å²) >= 11 is 0. The fourth-order valence-corrected chi connectivity index (χ4v) is 3.15. The highest BCUT2D eigenvalue weighted by Gasteiger charge is 2.24. The summed E-state index contributed by atoms with van der Waals surface area (Å²) in [7, 11) is 0. The molecule has 5 nitrogen and oxygen atoms in total. The molecule has 2 aromatic rings. The molecular formula is C18H18FN3O2. The Balaban J connectivity index is 1.78. The summed E-state index contributed by atoms with van der Waals surface area (Å²) in [6.07, 6.45) is 5.80. The SMILES string of the molecule is Cc1c(C2CCCCC2)noc1NC(=O)c1ccc(F)c(C#N)c1. The highest BCUT2D eigenvalue weighted by Crippen LogP contribution is 2.35. The predicted molar refractivity (Wildman–Crippen MR) is 86.1 cm³/mol. The van der Waals surface area contributed by atoms with Crippen molar-refractivity contribution < 1.29 is 13.7 Å². The number of aromatic nitrogens is 1. The van der Waals surface area contributed by atoms with Gasteiger partial charge in [0.1, 0.15) is 11.9 Å². The summed E-state index contributed by atoms with van der Waals surface area (Å²) in [5, 5.41) is 15.6. The molecule has 1 heterocycles. The Labute approximate surface area is 139 Å². The minimum absolute atomic E-state index is 0.167. The molecule has 1 aliphatic rings. The van der Waals surface area contributed by atoms with Crippen molar-refractivity contribution in [2.45, 2.75) is 44.9 Å². The Bertz CT molecular complexity index is 801. The maximum atomic E-state index is 13.4. The van der Waals surface area contributed by atoms with Gasteiger partial charge in [-0.05, 0) is 38.0 Å². The Morgan fingerprint density at radius 2 is 2.12 bits per heavy atom. The normalized spacial score (nSPS) is 15.0. The molecule has 1 aliphatic carbocycles. The fraction of sp³-hybridized carbons (Fsp3) is 0.389. The first kappa shape index (κ1) is 16.2. The van der Waals surface area contributed by atoms with Crippen LogP contribution in [0.2, 0.25) is 0 Å². The lowest BCUT2D eigenvalue weighted by Crippen LogP contribution is -2.13. The van der Waals surface area contributed by atoms with Crippen LogP contribution in [-0.2, 0) is 0 Å². The van der Waals surface area contributed by atoms with E-state index in [0.717, 1.165) is 30.2 Å². The highest BCUT2D eigenvalue weighted by molar-refractivity contribution is 6.04. The van der Waals surface area contributed by atoms with E-state index in [-0.39, 0.29) is 11.1 Å². The van der Waals surface area contributed by atoms with Crippen LogP contribution in [0.1, 0.15) is 65.2 Å². The van der Waals surface area contributed by atoms with E-state index < -0.39 is 11.7 Å². The highest BCUT2D eigenvalue weighted by atomic mass is 19.1. The molecule has 0 unspecified atom stereocenters. The van der Waals surface area contributed by atoms with Gasteiger partial charge in [-0.2, -0.15) is 5.26 Å². The van der Waals surface area contributed by atoms with Crippen LogP contribution in [0.25, 0.3) is 0 Å². The van der Waals surface area contributed by atoms with Gasteiger partial charge < -0.3 is 4.52 Å². The van der Waals surface area contributed by atoms with E-state index in [9.17, 15) is 9.18 Å². The van der Waals surface area contributed by atoms with Crippen molar-refractivity contribution in [3.63, 3.8) is 0 Å². The van der Waals surface area contributed by atoms with Crippen molar-refractivity contribution in [1.29, 1.82) is 5.26 Å². The number of nitriles is 1. The van der Waals surface area contributed by atoms with E-state index in [2.05, 4.69) is 10.5 Å². The van der Waals surface area contributed by atoms with Crippen LogP contribution < -0.4 is 5.32 Å².